The molecule has 2 rings (SSSR count). The van der Waals surface area contributed by atoms with Gasteiger partial charge >= 0.3 is 11.9 Å². The van der Waals surface area contributed by atoms with Crippen molar-refractivity contribution < 1.29 is 28.9 Å². The monoisotopic (exact) mass is 295 g/mol. The van der Waals surface area contributed by atoms with Crippen molar-refractivity contribution in [1.29, 1.82) is 0 Å². The molecule has 0 aliphatic carbocycles. The lowest BCUT2D eigenvalue weighted by Gasteiger charge is -2.23. The molecule has 0 saturated carbocycles. The molecule has 1 heterocycles. The normalized spacial score (nSPS) is 18.2. The number of hydrogen-bond acceptors (Lipinski definition) is 6. The van der Waals surface area contributed by atoms with Crippen LogP contribution in [0.4, 0.5) is 0 Å². The Balaban J connectivity index is 1.80. The number of esters is 1. The van der Waals surface area contributed by atoms with E-state index in [1.807, 2.05) is 0 Å². The molecule has 1 fully saturated rings. The fourth-order valence-electron chi connectivity index (χ4n) is 1.88. The molecule has 1 saturated heterocycles. The van der Waals surface area contributed by atoms with Crippen LogP contribution in [-0.2, 0) is 25.7 Å². The number of aliphatic carboxylic acids is 1. The maximum Gasteiger partial charge on any atom is 0.422 e. The minimum Gasteiger partial charge on any atom is -0.473 e. The molecule has 2 N–H and O–H groups in total. The first kappa shape index (κ1) is 15.4. The van der Waals surface area contributed by atoms with Gasteiger partial charge in [-0.2, -0.15) is 0 Å². The summed E-state index contributed by atoms with van der Waals surface area (Å²) in [5.74, 6) is -2.76. The number of carboxylic acids is 1. The Morgan fingerprint density at radius 2 is 2.29 bits per heavy atom. The molecule has 0 spiro atoms. The van der Waals surface area contributed by atoms with Crippen LogP contribution in [0, 0.1) is 0 Å². The average Bonchev–Trinajstić information content (AvgIpc) is 2.48. The van der Waals surface area contributed by atoms with Crippen LogP contribution < -0.4 is 10.1 Å². The van der Waals surface area contributed by atoms with Crippen molar-refractivity contribution >= 4 is 11.9 Å². The van der Waals surface area contributed by atoms with E-state index in [9.17, 15) is 9.59 Å². The van der Waals surface area contributed by atoms with Crippen molar-refractivity contribution in [2.45, 2.75) is 12.7 Å². The van der Waals surface area contributed by atoms with Crippen LogP contribution in [0.1, 0.15) is 5.56 Å². The lowest BCUT2D eigenvalue weighted by molar-refractivity contribution is -0.158. The van der Waals surface area contributed by atoms with Gasteiger partial charge in [0.25, 0.3) is 0 Å². The summed E-state index contributed by atoms with van der Waals surface area (Å²) in [6.07, 6.45) is 0.0340. The van der Waals surface area contributed by atoms with Gasteiger partial charge in [0, 0.05) is 13.1 Å². The first-order valence-electron chi connectivity index (χ1n) is 6.59. The van der Waals surface area contributed by atoms with Gasteiger partial charge in [-0.25, -0.2) is 9.59 Å². The van der Waals surface area contributed by atoms with Crippen LogP contribution in [-0.4, -0.2) is 49.5 Å². The number of carbonyl (C=O) groups is 2. The quantitative estimate of drug-likeness (QED) is 0.454. The number of carbonyl (C=O) groups excluding carboxylic acids is 1. The van der Waals surface area contributed by atoms with Crippen LogP contribution in [0.15, 0.2) is 24.3 Å². The molecule has 1 aliphatic heterocycles. The first-order chi connectivity index (χ1) is 10.1. The Morgan fingerprint density at radius 3 is 3.00 bits per heavy atom. The number of benzene rings is 1. The van der Waals surface area contributed by atoms with Gasteiger partial charge in [-0.3, -0.25) is 0 Å². The molecule has 1 aromatic rings. The molecule has 0 aromatic heterocycles. The summed E-state index contributed by atoms with van der Waals surface area (Å²) in [6, 6.07) is 6.55. The number of ether oxygens (including phenoxy) is 3. The third-order valence-electron chi connectivity index (χ3n) is 2.86. The summed E-state index contributed by atoms with van der Waals surface area (Å²) in [6.45, 7) is 3.09. The molecule has 7 nitrogen and oxygen atoms in total. The van der Waals surface area contributed by atoms with Gasteiger partial charge in [0.1, 0.15) is 5.75 Å². The van der Waals surface area contributed by atoms with E-state index in [0.717, 1.165) is 18.7 Å². The van der Waals surface area contributed by atoms with Crippen LogP contribution in [0.2, 0.25) is 0 Å². The zero-order valence-corrected chi connectivity index (χ0v) is 11.4. The topological polar surface area (TPSA) is 94.1 Å². The lowest BCUT2D eigenvalue weighted by atomic mass is 10.2. The fourth-order valence-corrected chi connectivity index (χ4v) is 1.88. The third kappa shape index (κ3) is 5.14. The molecule has 7 heteroatoms. The van der Waals surface area contributed by atoms with Crippen molar-refractivity contribution in [1.82, 2.24) is 5.32 Å². The van der Waals surface area contributed by atoms with Crippen molar-refractivity contribution in [3.63, 3.8) is 0 Å². The van der Waals surface area contributed by atoms with Gasteiger partial charge in [-0.05, 0) is 17.7 Å². The maximum absolute atomic E-state index is 11.0. The SMILES string of the molecule is O=C(O)C(=O)Oc1cccc(COCC2CNCCO2)c1. The molecular formula is C14H17NO6. The highest BCUT2D eigenvalue weighted by Crippen LogP contribution is 2.14. The number of hydrogen-bond donors (Lipinski definition) is 2. The largest absolute Gasteiger partial charge is 0.473 e. The molecule has 21 heavy (non-hydrogen) atoms. The van der Waals surface area contributed by atoms with E-state index >= 15 is 0 Å². The van der Waals surface area contributed by atoms with E-state index < -0.39 is 11.9 Å². The highest BCUT2D eigenvalue weighted by atomic mass is 16.6. The highest BCUT2D eigenvalue weighted by molar-refractivity contribution is 6.29. The standard InChI is InChI=1S/C14H17NO6/c16-13(17)14(18)21-11-3-1-2-10(6-11)8-19-9-12-7-15-4-5-20-12/h1-3,6,12,15H,4-5,7-9H2,(H,16,17). The predicted molar refractivity (Wildman–Crippen MR) is 72.0 cm³/mol. The zero-order chi connectivity index (χ0) is 15.1. The summed E-state index contributed by atoms with van der Waals surface area (Å²) in [5, 5.41) is 11.7. The van der Waals surface area contributed by atoms with Gasteiger partial charge in [0.2, 0.25) is 0 Å². The van der Waals surface area contributed by atoms with Gasteiger partial charge in [-0.15, -0.1) is 0 Å². The molecule has 1 aromatic carbocycles. The Bertz CT molecular complexity index is 498. The number of nitrogens with one attached hydrogen (secondary N) is 1. The van der Waals surface area contributed by atoms with Crippen LogP contribution in [0.25, 0.3) is 0 Å². The summed E-state index contributed by atoms with van der Waals surface area (Å²) >= 11 is 0. The molecule has 114 valence electrons. The van der Waals surface area contributed by atoms with E-state index in [-0.39, 0.29) is 11.9 Å². The molecule has 0 bridgehead atoms. The Hall–Kier alpha value is -1.96. The van der Waals surface area contributed by atoms with E-state index in [1.54, 1.807) is 18.2 Å². The number of morpholine rings is 1. The maximum atomic E-state index is 11.0. The summed E-state index contributed by atoms with van der Waals surface area (Å²) in [4.78, 5) is 21.4. The molecule has 0 radical (unpaired) electrons. The van der Waals surface area contributed by atoms with E-state index in [0.29, 0.717) is 19.8 Å². The van der Waals surface area contributed by atoms with E-state index in [2.05, 4.69) is 10.1 Å². The van der Waals surface area contributed by atoms with Crippen molar-refractivity contribution in [3.05, 3.63) is 29.8 Å². The van der Waals surface area contributed by atoms with Crippen LogP contribution in [0.3, 0.4) is 0 Å². The van der Waals surface area contributed by atoms with Gasteiger partial charge < -0.3 is 24.6 Å². The van der Waals surface area contributed by atoms with E-state index in [1.165, 1.54) is 6.07 Å². The Morgan fingerprint density at radius 1 is 1.43 bits per heavy atom. The lowest BCUT2D eigenvalue weighted by Crippen LogP contribution is -2.40. The third-order valence-corrected chi connectivity index (χ3v) is 2.86. The smallest absolute Gasteiger partial charge is 0.422 e. The number of carboxylic acid groups (broad SMARTS) is 1. The van der Waals surface area contributed by atoms with Crippen LogP contribution in [0.5, 0.6) is 5.75 Å². The van der Waals surface area contributed by atoms with Gasteiger partial charge in [0.15, 0.2) is 0 Å². The second-order valence-corrected chi connectivity index (χ2v) is 4.55. The summed E-state index contributed by atoms with van der Waals surface area (Å²) in [5.41, 5.74) is 0.787. The molecular weight excluding hydrogens is 278 g/mol. The zero-order valence-electron chi connectivity index (χ0n) is 11.4. The van der Waals surface area contributed by atoms with Crippen molar-refractivity contribution in [2.75, 3.05) is 26.3 Å². The summed E-state index contributed by atoms with van der Waals surface area (Å²) in [7, 11) is 0. The molecule has 0 amide bonds. The van der Waals surface area contributed by atoms with Crippen LogP contribution >= 0.6 is 0 Å². The second-order valence-electron chi connectivity index (χ2n) is 4.55. The minimum absolute atomic E-state index is 0.0340. The van der Waals surface area contributed by atoms with Gasteiger partial charge in [0.05, 0.1) is 25.9 Å². The second kappa shape index (κ2) is 7.72. The fraction of sp³-hybridized carbons (Fsp3) is 0.429. The Labute approximate surface area is 121 Å². The predicted octanol–water partition coefficient (Wildman–Crippen LogP) is 0.182. The van der Waals surface area contributed by atoms with Crippen molar-refractivity contribution in [3.8, 4) is 5.75 Å². The first-order valence-corrected chi connectivity index (χ1v) is 6.59. The Kier molecular flexibility index (Phi) is 5.68. The molecule has 1 atom stereocenters. The van der Waals surface area contributed by atoms with E-state index in [4.69, 9.17) is 14.6 Å². The minimum atomic E-state index is -1.63. The molecule has 1 aliphatic rings. The number of rotatable bonds is 5. The van der Waals surface area contributed by atoms with Crippen molar-refractivity contribution in [2.24, 2.45) is 0 Å². The molecule has 1 unspecified atom stereocenters. The highest BCUT2D eigenvalue weighted by Gasteiger charge is 2.15. The van der Waals surface area contributed by atoms with Gasteiger partial charge in [-0.1, -0.05) is 12.1 Å². The summed E-state index contributed by atoms with van der Waals surface area (Å²) < 4.78 is 15.7. The average molecular weight is 295 g/mol.